The fraction of sp³-hybridized carbons (Fsp3) is 0. The van der Waals surface area contributed by atoms with Crippen molar-refractivity contribution in [1.82, 2.24) is 0 Å². The van der Waals surface area contributed by atoms with Crippen LogP contribution in [0.25, 0.3) is 0 Å². The molecule has 0 saturated carbocycles. The Bertz CT molecular complexity index is 17.7. The van der Waals surface area contributed by atoms with Gasteiger partial charge in [-0.25, -0.2) is 0 Å². The average molecular weight is 170 g/mol. The zero-order valence-electron chi connectivity index (χ0n) is 4.53. The molecule has 0 aliphatic carbocycles. The summed E-state index contributed by atoms with van der Waals surface area (Å²) >= 11 is 0. The van der Waals surface area contributed by atoms with Crippen LogP contribution in [0.2, 0.25) is 0 Å². The Morgan fingerprint density at radius 3 is 1.40 bits per heavy atom. The molecule has 0 aromatic heterocycles. The summed E-state index contributed by atoms with van der Waals surface area (Å²) in [6, 6.07) is 0. The summed E-state index contributed by atoms with van der Waals surface area (Å²) < 4.78 is 0. The fourth-order valence-electron chi connectivity index (χ4n) is 0. The van der Waals surface area contributed by atoms with Crippen LogP contribution in [0.15, 0.2) is 0 Å². The molecule has 0 spiro atoms. The molecule has 32 valence electrons. The summed E-state index contributed by atoms with van der Waals surface area (Å²) in [7, 11) is 0. The summed E-state index contributed by atoms with van der Waals surface area (Å²) in [5.74, 6) is 0. The summed E-state index contributed by atoms with van der Waals surface area (Å²) in [6.45, 7) is 2.00. The zero-order chi connectivity index (χ0) is 2.00. The average Bonchev–Trinajstić information content (AvgIpc) is 1.00. The molecular weight excluding hydrogens is 166 g/mol. The molecule has 1 nitrogen and oxygen atoms in total. The van der Waals surface area contributed by atoms with Gasteiger partial charge in [0, 0.05) is 33.8 Å². The molecule has 0 fully saturated rings. The Balaban J connectivity index is -0.000000000500. The molecule has 0 amide bonds. The van der Waals surface area contributed by atoms with Crippen LogP contribution in [0, 0.1) is 0 Å². The molecule has 0 saturated heterocycles. The second kappa shape index (κ2) is 50.9. The Morgan fingerprint density at radius 2 is 1.40 bits per heavy atom. The van der Waals surface area contributed by atoms with E-state index in [9.17, 15) is 0 Å². The SMILES string of the molecule is C=O.[Co].[H-].[H-].[Mg+2].[Mn]. The second-order valence-corrected chi connectivity index (χ2v) is 0. The van der Waals surface area contributed by atoms with E-state index in [-0.39, 0.29) is 59.8 Å². The van der Waals surface area contributed by atoms with Gasteiger partial charge in [-0.3, -0.25) is 0 Å². The first-order valence-electron chi connectivity index (χ1n) is 0.289. The first kappa shape index (κ1) is 31.8. The van der Waals surface area contributed by atoms with Crippen LogP contribution in [0.4, 0.5) is 0 Å². The van der Waals surface area contributed by atoms with Crippen LogP contribution in [-0.2, 0) is 38.6 Å². The van der Waals surface area contributed by atoms with Crippen LogP contribution in [-0.4, -0.2) is 29.8 Å². The quantitative estimate of drug-likeness (QED) is 0.454. The summed E-state index contributed by atoms with van der Waals surface area (Å²) in [5, 5.41) is 0. The van der Waals surface area contributed by atoms with E-state index < -0.39 is 0 Å². The van der Waals surface area contributed by atoms with Crippen molar-refractivity contribution in [3.05, 3.63) is 0 Å². The first-order valence-corrected chi connectivity index (χ1v) is 0.289. The van der Waals surface area contributed by atoms with E-state index in [1.165, 1.54) is 0 Å². The minimum Gasteiger partial charge on any atom is -1.00 e. The summed E-state index contributed by atoms with van der Waals surface area (Å²) in [6.07, 6.45) is 0. The molecule has 0 N–H and O–H groups in total. The van der Waals surface area contributed by atoms with E-state index in [4.69, 9.17) is 4.79 Å². The van der Waals surface area contributed by atoms with Crippen molar-refractivity contribution in [2.75, 3.05) is 0 Å². The van der Waals surface area contributed by atoms with Gasteiger partial charge in [0.25, 0.3) is 0 Å². The van der Waals surface area contributed by atoms with Gasteiger partial charge in [0.15, 0.2) is 0 Å². The van der Waals surface area contributed by atoms with E-state index in [0.29, 0.717) is 0 Å². The van der Waals surface area contributed by atoms with Crippen molar-refractivity contribution in [2.24, 2.45) is 0 Å². The summed E-state index contributed by atoms with van der Waals surface area (Å²) in [4.78, 5) is 8.00. The minimum absolute atomic E-state index is 0. The molecule has 0 unspecified atom stereocenters. The van der Waals surface area contributed by atoms with Gasteiger partial charge in [0.1, 0.15) is 6.79 Å². The van der Waals surface area contributed by atoms with Crippen molar-refractivity contribution in [2.45, 2.75) is 0 Å². The van der Waals surface area contributed by atoms with E-state index in [2.05, 4.69) is 0 Å². The van der Waals surface area contributed by atoms with Gasteiger partial charge < -0.3 is 7.65 Å². The van der Waals surface area contributed by atoms with Crippen molar-refractivity contribution >= 4 is 29.8 Å². The minimum atomic E-state index is 0. The first-order chi connectivity index (χ1) is 1.00. The topological polar surface area (TPSA) is 17.1 Å². The predicted molar refractivity (Wildman–Crippen MR) is 15.1 cm³/mol. The van der Waals surface area contributed by atoms with Crippen LogP contribution < -0.4 is 0 Å². The molecule has 4 heteroatoms. The monoisotopic (exact) mass is 170 g/mol. The molecule has 2 radical (unpaired) electrons. The van der Waals surface area contributed by atoms with Crippen LogP contribution in [0.1, 0.15) is 2.85 Å². The van der Waals surface area contributed by atoms with Gasteiger partial charge in [-0.05, 0) is 0 Å². The fourth-order valence-corrected chi connectivity index (χ4v) is 0. The van der Waals surface area contributed by atoms with E-state index in [1.54, 1.807) is 0 Å². The maximum Gasteiger partial charge on any atom is 2.00 e. The number of hydrogen-bond acceptors (Lipinski definition) is 1. The van der Waals surface area contributed by atoms with Crippen LogP contribution >= 0.6 is 0 Å². The molecule has 0 aliphatic heterocycles. The Hall–Kier alpha value is 1.46. The van der Waals surface area contributed by atoms with Crippen molar-refractivity contribution < 1.29 is 41.5 Å². The third-order valence-corrected chi connectivity index (χ3v) is 0. The normalized spacial score (nSPS) is 0.800. The van der Waals surface area contributed by atoms with Gasteiger partial charge in [0.2, 0.25) is 0 Å². The van der Waals surface area contributed by atoms with Gasteiger partial charge in [-0.2, -0.15) is 0 Å². The standard InChI is InChI=1S/CH2O.Co.Mg.Mn.2H/c1-2;;;;;/h1H2;;;;;/q;;+2;;2*-1. The Morgan fingerprint density at radius 1 is 1.40 bits per heavy atom. The molecule has 0 bridgehead atoms. The molecular formula is CH4CoMgMnO. The third-order valence-electron chi connectivity index (χ3n) is 0. The van der Waals surface area contributed by atoms with Gasteiger partial charge >= 0.3 is 23.1 Å². The molecule has 0 heterocycles. The molecule has 0 atom stereocenters. The maximum atomic E-state index is 8.00. The van der Waals surface area contributed by atoms with E-state index in [1.807, 2.05) is 6.79 Å². The second-order valence-electron chi connectivity index (χ2n) is 0. The Labute approximate surface area is 71.1 Å². The van der Waals surface area contributed by atoms with E-state index >= 15 is 0 Å². The molecule has 0 aromatic carbocycles. The predicted octanol–water partition coefficient (Wildman–Crippen LogP) is -0.346. The van der Waals surface area contributed by atoms with Crippen LogP contribution in [0.5, 0.6) is 0 Å². The molecule has 5 heavy (non-hydrogen) atoms. The van der Waals surface area contributed by atoms with Gasteiger partial charge in [-0.15, -0.1) is 0 Å². The number of carbonyl (C=O) groups excluding carboxylic acids is 1. The Kier molecular flexibility index (Phi) is 324. The summed E-state index contributed by atoms with van der Waals surface area (Å²) in [5.41, 5.74) is 0. The molecule has 0 rings (SSSR count). The van der Waals surface area contributed by atoms with Crippen molar-refractivity contribution in [3.8, 4) is 0 Å². The number of rotatable bonds is 0. The molecule has 0 aliphatic rings. The number of hydrogen-bond donors (Lipinski definition) is 0. The largest absolute Gasteiger partial charge is 2.00 e. The van der Waals surface area contributed by atoms with Gasteiger partial charge in [-0.1, -0.05) is 0 Å². The smallest absolute Gasteiger partial charge is 1.00 e. The molecule has 0 aromatic rings. The number of carbonyl (C=O) groups is 1. The van der Waals surface area contributed by atoms with E-state index in [0.717, 1.165) is 0 Å². The third kappa shape index (κ3) is 30.6. The van der Waals surface area contributed by atoms with Gasteiger partial charge in [0.05, 0.1) is 0 Å². The van der Waals surface area contributed by atoms with Crippen molar-refractivity contribution in [3.63, 3.8) is 0 Å². The maximum absolute atomic E-state index is 8.00. The van der Waals surface area contributed by atoms with Crippen molar-refractivity contribution in [1.29, 1.82) is 0 Å². The zero-order valence-corrected chi connectivity index (χ0v) is 6.17. The van der Waals surface area contributed by atoms with Crippen LogP contribution in [0.3, 0.4) is 0 Å².